The fourth-order valence-corrected chi connectivity index (χ4v) is 3.85. The second-order valence-corrected chi connectivity index (χ2v) is 6.23. The largest absolute Gasteiger partial charge is 0.469 e. The highest BCUT2D eigenvalue weighted by molar-refractivity contribution is 5.98. The molecular formula is C21H16N2O. The summed E-state index contributed by atoms with van der Waals surface area (Å²) in [6.07, 6.45) is 2.65. The van der Waals surface area contributed by atoms with Gasteiger partial charge in [0.25, 0.3) is 0 Å². The number of nitrogen functional groups attached to an aromatic ring is 1. The predicted molar refractivity (Wildman–Crippen MR) is 95.8 cm³/mol. The Morgan fingerprint density at radius 3 is 2.54 bits per heavy atom. The second kappa shape index (κ2) is 4.96. The zero-order valence-electron chi connectivity index (χ0n) is 13.1. The number of hydrogen-bond acceptors (Lipinski definition) is 3. The highest BCUT2D eigenvalue weighted by Crippen LogP contribution is 2.45. The minimum atomic E-state index is 0.155. The lowest BCUT2D eigenvalue weighted by Gasteiger charge is -2.27. The van der Waals surface area contributed by atoms with Gasteiger partial charge in [0.15, 0.2) is 0 Å². The molecule has 0 saturated heterocycles. The second-order valence-electron chi connectivity index (χ2n) is 6.23. The average molecular weight is 312 g/mol. The van der Waals surface area contributed by atoms with Gasteiger partial charge in [-0.15, -0.1) is 0 Å². The molecule has 0 bridgehead atoms. The summed E-state index contributed by atoms with van der Waals surface area (Å²) < 4.78 is 5.76. The molecule has 1 unspecified atom stereocenters. The summed E-state index contributed by atoms with van der Waals surface area (Å²) in [6.45, 7) is 0. The summed E-state index contributed by atoms with van der Waals surface area (Å²) in [5.74, 6) is 1.71. The summed E-state index contributed by atoms with van der Waals surface area (Å²) in [5, 5.41) is 2.17. The number of hydrogen-bond donors (Lipinski definition) is 1. The fraction of sp³-hybridized carbons (Fsp3) is 0.0952. The Balaban J connectivity index is 1.91. The van der Waals surface area contributed by atoms with Crippen LogP contribution < -0.4 is 5.73 Å². The van der Waals surface area contributed by atoms with Gasteiger partial charge < -0.3 is 10.2 Å². The van der Waals surface area contributed by atoms with Crippen LogP contribution >= 0.6 is 0 Å². The third kappa shape index (κ3) is 1.81. The van der Waals surface area contributed by atoms with Crippen LogP contribution in [0.25, 0.3) is 22.0 Å². The monoisotopic (exact) mass is 312 g/mol. The van der Waals surface area contributed by atoms with E-state index >= 15 is 0 Å². The Labute approximate surface area is 139 Å². The zero-order valence-corrected chi connectivity index (χ0v) is 13.1. The number of rotatable bonds is 1. The van der Waals surface area contributed by atoms with Crippen molar-refractivity contribution in [2.45, 2.75) is 12.3 Å². The third-order valence-electron chi connectivity index (χ3n) is 4.91. The van der Waals surface area contributed by atoms with Crippen molar-refractivity contribution in [3.63, 3.8) is 0 Å². The van der Waals surface area contributed by atoms with E-state index in [0.29, 0.717) is 5.82 Å². The van der Waals surface area contributed by atoms with E-state index in [1.165, 1.54) is 16.7 Å². The molecule has 2 aromatic carbocycles. The lowest BCUT2D eigenvalue weighted by Crippen LogP contribution is -2.15. The van der Waals surface area contributed by atoms with Crippen LogP contribution in [0, 0.1) is 0 Å². The number of furan rings is 1. The molecule has 2 heterocycles. The van der Waals surface area contributed by atoms with Gasteiger partial charge in [-0.3, -0.25) is 0 Å². The molecule has 1 atom stereocenters. The molecule has 5 rings (SSSR count). The summed E-state index contributed by atoms with van der Waals surface area (Å²) in [5.41, 5.74) is 10.9. The van der Waals surface area contributed by atoms with E-state index in [1.54, 1.807) is 6.26 Å². The van der Waals surface area contributed by atoms with Gasteiger partial charge in [-0.2, -0.15) is 0 Å². The van der Waals surface area contributed by atoms with Gasteiger partial charge in [0.05, 0.1) is 12.0 Å². The van der Waals surface area contributed by atoms with Crippen molar-refractivity contribution in [3.8, 4) is 11.3 Å². The molecule has 1 aliphatic rings. The number of pyridine rings is 1. The quantitative estimate of drug-likeness (QED) is 0.551. The molecule has 2 aromatic heterocycles. The number of anilines is 1. The third-order valence-corrected chi connectivity index (χ3v) is 4.91. The van der Waals surface area contributed by atoms with E-state index in [0.717, 1.165) is 28.6 Å². The van der Waals surface area contributed by atoms with Crippen molar-refractivity contribution in [2.24, 2.45) is 0 Å². The van der Waals surface area contributed by atoms with Gasteiger partial charge in [0.1, 0.15) is 11.6 Å². The van der Waals surface area contributed by atoms with Gasteiger partial charge >= 0.3 is 0 Å². The minimum Gasteiger partial charge on any atom is -0.469 e. The molecule has 4 aromatic rings. The zero-order chi connectivity index (χ0) is 16.1. The number of fused-ring (bicyclic) bond motifs is 5. The van der Waals surface area contributed by atoms with E-state index in [9.17, 15) is 0 Å². The summed E-state index contributed by atoms with van der Waals surface area (Å²) in [6, 6.07) is 20.7. The van der Waals surface area contributed by atoms with Gasteiger partial charge in [0, 0.05) is 16.9 Å². The van der Waals surface area contributed by atoms with Crippen LogP contribution in [0.2, 0.25) is 0 Å². The SMILES string of the molecule is Nc1nc2c(c3ccccc13)C(c1ccco1)Cc1ccccc1-2. The summed E-state index contributed by atoms with van der Waals surface area (Å²) in [7, 11) is 0. The number of benzene rings is 2. The van der Waals surface area contributed by atoms with Gasteiger partial charge in [-0.05, 0) is 35.1 Å². The lowest BCUT2D eigenvalue weighted by atomic mass is 9.78. The standard InChI is InChI=1S/C21H16N2O/c22-21-16-9-4-3-8-15(16)19-17(18-10-5-11-24-18)12-13-6-1-2-7-14(13)20(19)23-21/h1-11,17H,12H2,(H2,22,23). The van der Waals surface area contributed by atoms with Crippen molar-refractivity contribution in [1.82, 2.24) is 4.98 Å². The number of nitrogens with two attached hydrogens (primary N) is 1. The van der Waals surface area contributed by atoms with Crippen molar-refractivity contribution in [1.29, 1.82) is 0 Å². The average Bonchev–Trinajstić information content (AvgIpc) is 3.16. The Bertz CT molecular complexity index is 1050. The van der Waals surface area contributed by atoms with Gasteiger partial charge in [0.2, 0.25) is 0 Å². The van der Waals surface area contributed by atoms with Gasteiger partial charge in [-0.1, -0.05) is 48.5 Å². The lowest BCUT2D eigenvalue weighted by molar-refractivity contribution is 0.483. The first kappa shape index (κ1) is 13.4. The molecule has 1 aliphatic carbocycles. The molecule has 0 aliphatic heterocycles. The van der Waals surface area contributed by atoms with Crippen LogP contribution in [0.5, 0.6) is 0 Å². The van der Waals surface area contributed by atoms with Crippen LogP contribution in [0.1, 0.15) is 22.8 Å². The molecule has 116 valence electrons. The molecule has 0 saturated carbocycles. The Morgan fingerprint density at radius 2 is 1.71 bits per heavy atom. The van der Waals surface area contributed by atoms with Crippen LogP contribution in [0.15, 0.2) is 71.3 Å². The minimum absolute atomic E-state index is 0.155. The van der Waals surface area contributed by atoms with Crippen molar-refractivity contribution >= 4 is 16.6 Å². The van der Waals surface area contributed by atoms with E-state index in [4.69, 9.17) is 15.1 Å². The molecule has 3 nitrogen and oxygen atoms in total. The molecule has 24 heavy (non-hydrogen) atoms. The molecule has 2 N–H and O–H groups in total. The molecule has 0 radical (unpaired) electrons. The Morgan fingerprint density at radius 1 is 0.917 bits per heavy atom. The smallest absolute Gasteiger partial charge is 0.131 e. The van der Waals surface area contributed by atoms with Crippen LogP contribution in [0.3, 0.4) is 0 Å². The van der Waals surface area contributed by atoms with E-state index < -0.39 is 0 Å². The maximum absolute atomic E-state index is 6.27. The molecule has 3 heteroatoms. The summed E-state index contributed by atoms with van der Waals surface area (Å²) in [4.78, 5) is 4.78. The maximum atomic E-state index is 6.27. The Kier molecular flexibility index (Phi) is 2.77. The predicted octanol–water partition coefficient (Wildman–Crippen LogP) is 4.77. The highest BCUT2D eigenvalue weighted by atomic mass is 16.3. The number of nitrogens with zero attached hydrogens (tertiary/aromatic N) is 1. The first-order valence-corrected chi connectivity index (χ1v) is 8.12. The maximum Gasteiger partial charge on any atom is 0.131 e. The molecule has 0 spiro atoms. The fourth-order valence-electron chi connectivity index (χ4n) is 3.85. The topological polar surface area (TPSA) is 52.0 Å². The van der Waals surface area contributed by atoms with Crippen molar-refractivity contribution in [2.75, 3.05) is 5.73 Å². The van der Waals surface area contributed by atoms with E-state index in [2.05, 4.69) is 36.4 Å². The van der Waals surface area contributed by atoms with Crippen molar-refractivity contribution < 1.29 is 4.42 Å². The van der Waals surface area contributed by atoms with E-state index in [-0.39, 0.29) is 5.92 Å². The molecule has 0 amide bonds. The Hall–Kier alpha value is -3.07. The van der Waals surface area contributed by atoms with Gasteiger partial charge in [-0.25, -0.2) is 4.98 Å². The van der Waals surface area contributed by atoms with E-state index in [1.807, 2.05) is 24.3 Å². The van der Waals surface area contributed by atoms with Crippen molar-refractivity contribution in [3.05, 3.63) is 83.8 Å². The normalized spacial score (nSPS) is 15.9. The first-order valence-electron chi connectivity index (χ1n) is 8.12. The highest BCUT2D eigenvalue weighted by Gasteiger charge is 2.30. The van der Waals surface area contributed by atoms with Crippen LogP contribution in [-0.4, -0.2) is 4.98 Å². The van der Waals surface area contributed by atoms with Crippen LogP contribution in [-0.2, 0) is 6.42 Å². The first-order chi connectivity index (χ1) is 11.8. The van der Waals surface area contributed by atoms with Crippen LogP contribution in [0.4, 0.5) is 5.82 Å². The number of aromatic nitrogens is 1. The molecular weight excluding hydrogens is 296 g/mol. The summed E-state index contributed by atoms with van der Waals surface area (Å²) >= 11 is 0. The molecule has 0 fully saturated rings.